The third-order valence-corrected chi connectivity index (χ3v) is 3.26. The summed E-state index contributed by atoms with van der Waals surface area (Å²) in [6.07, 6.45) is 6.13. The van der Waals surface area contributed by atoms with Gasteiger partial charge in [-0.2, -0.15) is 0 Å². The molecule has 2 rings (SSSR count). The number of nitrogens with zero attached hydrogens (tertiary/aromatic N) is 1. The standard InChI is InChI=1S/C16H20BNO4/c1-18-12-15(19)21-17(22-16(20)13-18)11-7-3-6-10-14-8-4-2-5-9-14/h2-5,7-9H,6,10-13H2,1H3/b7-3+. The van der Waals surface area contributed by atoms with Gasteiger partial charge in [0.05, 0.1) is 13.1 Å². The van der Waals surface area contributed by atoms with Crippen LogP contribution in [-0.2, 0) is 25.3 Å². The van der Waals surface area contributed by atoms with Crippen LogP contribution in [0.3, 0.4) is 0 Å². The average Bonchev–Trinajstić information content (AvgIpc) is 2.46. The van der Waals surface area contributed by atoms with Crippen LogP contribution in [0.4, 0.5) is 0 Å². The maximum atomic E-state index is 11.6. The largest absolute Gasteiger partial charge is 0.602 e. The Kier molecular flexibility index (Phi) is 6.21. The summed E-state index contributed by atoms with van der Waals surface area (Å²) >= 11 is 0. The number of likely N-dealkylation sites (N-methyl/N-ethyl adjacent to an activating group) is 1. The fourth-order valence-electron chi connectivity index (χ4n) is 2.20. The van der Waals surface area contributed by atoms with Crippen molar-refractivity contribution in [3.63, 3.8) is 0 Å². The summed E-state index contributed by atoms with van der Waals surface area (Å²) in [6.45, 7) is 0.201. The molecule has 0 saturated carbocycles. The molecule has 0 amide bonds. The van der Waals surface area contributed by atoms with Crippen LogP contribution in [0.1, 0.15) is 12.0 Å². The second kappa shape index (κ2) is 8.39. The van der Waals surface area contributed by atoms with Crippen molar-refractivity contribution in [2.75, 3.05) is 20.1 Å². The van der Waals surface area contributed by atoms with E-state index in [4.69, 9.17) is 9.31 Å². The summed E-state index contributed by atoms with van der Waals surface area (Å²) in [5.41, 5.74) is 1.28. The third kappa shape index (κ3) is 5.73. The molecular weight excluding hydrogens is 281 g/mol. The molecule has 0 aliphatic carbocycles. The van der Waals surface area contributed by atoms with E-state index in [0.717, 1.165) is 12.8 Å². The van der Waals surface area contributed by atoms with E-state index in [0.29, 0.717) is 6.32 Å². The van der Waals surface area contributed by atoms with Gasteiger partial charge in [0, 0.05) is 6.32 Å². The van der Waals surface area contributed by atoms with Crippen LogP contribution in [0.5, 0.6) is 0 Å². The molecule has 0 spiro atoms. The van der Waals surface area contributed by atoms with E-state index in [1.165, 1.54) is 5.56 Å². The molecule has 1 aromatic carbocycles. The highest BCUT2D eigenvalue weighted by molar-refractivity contribution is 6.49. The van der Waals surface area contributed by atoms with E-state index >= 15 is 0 Å². The maximum Gasteiger partial charge on any atom is 0.602 e. The Morgan fingerprint density at radius 1 is 1.09 bits per heavy atom. The highest BCUT2D eigenvalue weighted by atomic mass is 16.6. The monoisotopic (exact) mass is 301 g/mol. The number of aryl methyl sites for hydroxylation is 1. The molecule has 6 heteroatoms. The van der Waals surface area contributed by atoms with Crippen molar-refractivity contribution in [1.29, 1.82) is 0 Å². The first-order valence-corrected chi connectivity index (χ1v) is 7.40. The van der Waals surface area contributed by atoms with Crippen molar-refractivity contribution >= 4 is 19.1 Å². The molecule has 1 heterocycles. The summed E-state index contributed by atoms with van der Waals surface area (Å²) in [7, 11) is 0.855. The Morgan fingerprint density at radius 2 is 1.73 bits per heavy atom. The molecule has 0 atom stereocenters. The van der Waals surface area contributed by atoms with Crippen LogP contribution in [-0.4, -0.2) is 44.1 Å². The third-order valence-electron chi connectivity index (χ3n) is 3.26. The first-order valence-electron chi connectivity index (χ1n) is 7.40. The lowest BCUT2D eigenvalue weighted by Gasteiger charge is -2.21. The Hall–Kier alpha value is -2.08. The van der Waals surface area contributed by atoms with Gasteiger partial charge in [0.2, 0.25) is 0 Å². The maximum absolute atomic E-state index is 11.6. The van der Waals surface area contributed by atoms with E-state index in [1.54, 1.807) is 11.9 Å². The SMILES string of the molecule is CN1CC(=O)OB(C/C=C/CCc2ccccc2)OC(=O)C1. The van der Waals surface area contributed by atoms with Gasteiger partial charge < -0.3 is 9.31 Å². The van der Waals surface area contributed by atoms with E-state index < -0.39 is 7.12 Å². The van der Waals surface area contributed by atoms with Gasteiger partial charge in [0.15, 0.2) is 0 Å². The fraction of sp³-hybridized carbons (Fsp3) is 0.375. The topological polar surface area (TPSA) is 55.8 Å². The molecule has 116 valence electrons. The second-order valence-corrected chi connectivity index (χ2v) is 5.31. The number of hydrogen-bond acceptors (Lipinski definition) is 5. The van der Waals surface area contributed by atoms with Gasteiger partial charge in [-0.15, -0.1) is 0 Å². The van der Waals surface area contributed by atoms with Crippen molar-refractivity contribution in [1.82, 2.24) is 4.90 Å². The number of hydrogen-bond donors (Lipinski definition) is 0. The van der Waals surface area contributed by atoms with Crippen molar-refractivity contribution in [3.05, 3.63) is 48.0 Å². The molecule has 0 N–H and O–H groups in total. The van der Waals surface area contributed by atoms with Crippen LogP contribution in [0, 0.1) is 0 Å². The minimum absolute atomic E-state index is 0.101. The normalized spacial score (nSPS) is 17.0. The van der Waals surface area contributed by atoms with Gasteiger partial charge in [-0.25, -0.2) is 0 Å². The zero-order valence-corrected chi connectivity index (χ0v) is 12.7. The second-order valence-electron chi connectivity index (χ2n) is 5.31. The van der Waals surface area contributed by atoms with Crippen LogP contribution >= 0.6 is 0 Å². The van der Waals surface area contributed by atoms with Crippen LogP contribution in [0.25, 0.3) is 0 Å². The Balaban J connectivity index is 1.75. The van der Waals surface area contributed by atoms with Crippen molar-refractivity contribution in [2.45, 2.75) is 19.2 Å². The van der Waals surface area contributed by atoms with Gasteiger partial charge >= 0.3 is 19.1 Å². The molecule has 0 bridgehead atoms. The number of carbonyl (C=O) groups is 2. The first-order chi connectivity index (χ1) is 10.6. The first kappa shape index (κ1) is 16.3. The van der Waals surface area contributed by atoms with Crippen LogP contribution in [0.2, 0.25) is 6.32 Å². The molecule has 1 aliphatic rings. The molecule has 1 saturated heterocycles. The Bertz CT molecular complexity index is 512. The summed E-state index contributed by atoms with van der Waals surface area (Å²) in [5, 5.41) is 0. The van der Waals surface area contributed by atoms with Crippen molar-refractivity contribution in [3.8, 4) is 0 Å². The lowest BCUT2D eigenvalue weighted by molar-refractivity contribution is -0.145. The number of benzene rings is 1. The molecule has 0 unspecified atom stereocenters. The van der Waals surface area contributed by atoms with E-state index in [2.05, 4.69) is 12.1 Å². The average molecular weight is 301 g/mol. The van der Waals surface area contributed by atoms with E-state index in [-0.39, 0.29) is 25.0 Å². The summed E-state index contributed by atoms with van der Waals surface area (Å²) in [5.74, 6) is -0.754. The van der Waals surface area contributed by atoms with E-state index in [9.17, 15) is 9.59 Å². The summed E-state index contributed by atoms with van der Waals surface area (Å²) < 4.78 is 10.2. The minimum Gasteiger partial charge on any atom is -0.498 e. The van der Waals surface area contributed by atoms with Gasteiger partial charge in [-0.3, -0.25) is 14.5 Å². The quantitative estimate of drug-likeness (QED) is 0.612. The molecule has 0 aromatic heterocycles. The van der Waals surface area contributed by atoms with Crippen LogP contribution in [0.15, 0.2) is 42.5 Å². The summed E-state index contributed by atoms with van der Waals surface area (Å²) in [6, 6.07) is 10.2. The van der Waals surface area contributed by atoms with E-state index in [1.807, 2.05) is 30.4 Å². The predicted octanol–water partition coefficient (Wildman–Crippen LogP) is 1.70. The van der Waals surface area contributed by atoms with Crippen molar-refractivity contribution in [2.24, 2.45) is 0 Å². The molecule has 1 aromatic rings. The molecule has 0 radical (unpaired) electrons. The number of carbonyl (C=O) groups excluding carboxylic acids is 2. The fourth-order valence-corrected chi connectivity index (χ4v) is 2.20. The number of rotatable bonds is 5. The molecule has 1 fully saturated rings. The Labute approximate surface area is 131 Å². The number of allylic oxidation sites excluding steroid dienone is 2. The minimum atomic E-state index is -0.818. The predicted molar refractivity (Wildman–Crippen MR) is 84.1 cm³/mol. The van der Waals surface area contributed by atoms with Crippen LogP contribution < -0.4 is 0 Å². The molecule has 22 heavy (non-hydrogen) atoms. The lowest BCUT2D eigenvalue weighted by Crippen LogP contribution is -2.42. The highest BCUT2D eigenvalue weighted by Gasteiger charge is 2.30. The smallest absolute Gasteiger partial charge is 0.498 e. The van der Waals surface area contributed by atoms with Gasteiger partial charge in [-0.05, 0) is 25.5 Å². The van der Waals surface area contributed by atoms with Crippen molar-refractivity contribution < 1.29 is 18.9 Å². The lowest BCUT2D eigenvalue weighted by atomic mass is 9.84. The zero-order valence-electron chi connectivity index (χ0n) is 12.7. The highest BCUT2D eigenvalue weighted by Crippen LogP contribution is 2.07. The van der Waals surface area contributed by atoms with Gasteiger partial charge in [0.1, 0.15) is 0 Å². The molecular formula is C16H20BNO4. The summed E-state index contributed by atoms with van der Waals surface area (Å²) in [4.78, 5) is 24.7. The van der Waals surface area contributed by atoms with Gasteiger partial charge in [-0.1, -0.05) is 42.5 Å². The van der Waals surface area contributed by atoms with Gasteiger partial charge in [0.25, 0.3) is 0 Å². The Morgan fingerprint density at radius 3 is 2.36 bits per heavy atom. The molecule has 5 nitrogen and oxygen atoms in total. The molecule has 1 aliphatic heterocycles. The zero-order chi connectivity index (χ0) is 15.8.